The van der Waals surface area contributed by atoms with Crippen molar-refractivity contribution in [1.29, 1.82) is 0 Å². The van der Waals surface area contributed by atoms with Crippen LogP contribution in [0, 0.1) is 0 Å². The SMILES string of the molecule is c1ccc(-c2ccc(N(c3ccc(-c4cccc5c4oc4c6c(ccc45)C(c4ccccc4)(c4ccccc4)c4ccccc4-6)cc3)c3cccc4ccccc34)cc2)cc1. The fourth-order valence-electron chi connectivity index (χ4n) is 10.1. The second-order valence-corrected chi connectivity index (χ2v) is 16.0. The smallest absolute Gasteiger partial charge is 0.143 e. The lowest BCUT2D eigenvalue weighted by atomic mass is 9.68. The minimum absolute atomic E-state index is 0.488. The first-order chi connectivity index (χ1) is 30.3. The number of rotatable bonds is 7. The maximum Gasteiger partial charge on any atom is 0.143 e. The molecule has 1 aliphatic carbocycles. The van der Waals surface area contributed by atoms with Crippen molar-refractivity contribution in [3.05, 3.63) is 259 Å². The molecule has 0 aliphatic heterocycles. The molecule has 0 atom stereocenters. The van der Waals surface area contributed by atoms with E-state index in [2.05, 4.69) is 241 Å². The van der Waals surface area contributed by atoms with Crippen LogP contribution in [-0.4, -0.2) is 0 Å². The van der Waals surface area contributed by atoms with Crippen molar-refractivity contribution >= 4 is 49.8 Å². The summed E-state index contributed by atoms with van der Waals surface area (Å²) in [5.41, 5.74) is 16.6. The molecule has 61 heavy (non-hydrogen) atoms. The van der Waals surface area contributed by atoms with Crippen molar-refractivity contribution in [2.75, 3.05) is 4.90 Å². The number of furan rings is 1. The summed E-state index contributed by atoms with van der Waals surface area (Å²) in [6.07, 6.45) is 0. The summed E-state index contributed by atoms with van der Waals surface area (Å²) in [4.78, 5) is 2.37. The quantitative estimate of drug-likeness (QED) is 0.160. The van der Waals surface area contributed by atoms with Crippen LogP contribution >= 0.6 is 0 Å². The zero-order valence-corrected chi connectivity index (χ0v) is 33.4. The van der Waals surface area contributed by atoms with Crippen LogP contribution in [0.4, 0.5) is 17.1 Å². The Morgan fingerprint density at radius 3 is 1.57 bits per heavy atom. The maximum atomic E-state index is 7.20. The lowest BCUT2D eigenvalue weighted by molar-refractivity contribution is 0.670. The summed E-state index contributed by atoms with van der Waals surface area (Å²) in [5.74, 6) is 0. The molecular weight excluding hydrogens is 739 g/mol. The van der Waals surface area contributed by atoms with E-state index in [4.69, 9.17) is 4.42 Å². The Morgan fingerprint density at radius 2 is 0.852 bits per heavy atom. The average molecular weight is 778 g/mol. The Morgan fingerprint density at radius 1 is 0.328 bits per heavy atom. The van der Waals surface area contributed by atoms with Gasteiger partial charge in [0.1, 0.15) is 11.2 Å². The lowest BCUT2D eigenvalue weighted by Crippen LogP contribution is -2.28. The fraction of sp³-hybridized carbons (Fsp3) is 0.0169. The Bertz CT molecular complexity index is 3340. The summed E-state index contributed by atoms with van der Waals surface area (Å²) in [5, 5.41) is 4.65. The molecule has 0 saturated heterocycles. The third-order valence-corrected chi connectivity index (χ3v) is 12.8. The van der Waals surface area contributed by atoms with Crippen molar-refractivity contribution < 1.29 is 4.42 Å². The number of nitrogens with zero attached hydrogens (tertiary/aromatic N) is 1. The topological polar surface area (TPSA) is 16.4 Å². The van der Waals surface area contributed by atoms with E-state index < -0.39 is 5.41 Å². The highest BCUT2D eigenvalue weighted by Crippen LogP contribution is 2.58. The summed E-state index contributed by atoms with van der Waals surface area (Å²) < 4.78 is 7.20. The van der Waals surface area contributed by atoms with Gasteiger partial charge >= 0.3 is 0 Å². The van der Waals surface area contributed by atoms with E-state index in [1.54, 1.807) is 0 Å². The molecule has 0 amide bonds. The zero-order valence-electron chi connectivity index (χ0n) is 33.4. The maximum absolute atomic E-state index is 7.20. The molecule has 0 saturated carbocycles. The summed E-state index contributed by atoms with van der Waals surface area (Å²) in [6.45, 7) is 0. The molecule has 1 aliphatic rings. The number of fused-ring (bicyclic) bond motifs is 8. The lowest BCUT2D eigenvalue weighted by Gasteiger charge is -2.33. The Labute approximate surface area is 355 Å². The minimum Gasteiger partial charge on any atom is -0.455 e. The normalized spacial score (nSPS) is 12.7. The Kier molecular flexibility index (Phi) is 8.11. The van der Waals surface area contributed by atoms with Gasteiger partial charge in [-0.25, -0.2) is 0 Å². The standard InChI is InChI=1S/C59H39NO/c1-4-16-40(17-5-1)41-30-34-46(35-31-41)60(55-29-14-19-42-18-10-11-24-48(42)55)47-36-32-43(33-37-47)49-26-15-27-50-51-38-39-54-56(58(51)61-57(49)50)52-25-12-13-28-53(52)59(54,44-20-6-2-7-21-44)45-22-8-3-9-23-45/h1-39H. The molecule has 1 aromatic heterocycles. The summed E-state index contributed by atoms with van der Waals surface area (Å²) in [7, 11) is 0. The molecule has 12 rings (SSSR count). The van der Waals surface area contributed by atoms with Crippen molar-refractivity contribution in [2.24, 2.45) is 0 Å². The van der Waals surface area contributed by atoms with Crippen LogP contribution < -0.4 is 4.90 Å². The van der Waals surface area contributed by atoms with Gasteiger partial charge in [0.15, 0.2) is 0 Å². The molecule has 0 fully saturated rings. The van der Waals surface area contributed by atoms with Gasteiger partial charge < -0.3 is 9.32 Å². The molecule has 0 radical (unpaired) electrons. The van der Waals surface area contributed by atoms with Crippen LogP contribution in [0.3, 0.4) is 0 Å². The molecule has 2 nitrogen and oxygen atoms in total. The van der Waals surface area contributed by atoms with E-state index >= 15 is 0 Å². The predicted octanol–water partition coefficient (Wildman–Crippen LogP) is 15.9. The largest absolute Gasteiger partial charge is 0.455 e. The van der Waals surface area contributed by atoms with Gasteiger partial charge in [0, 0.05) is 38.7 Å². The molecule has 286 valence electrons. The van der Waals surface area contributed by atoms with Gasteiger partial charge in [-0.15, -0.1) is 0 Å². The number of para-hydroxylation sites is 1. The van der Waals surface area contributed by atoms with Gasteiger partial charge in [-0.2, -0.15) is 0 Å². The minimum atomic E-state index is -0.488. The molecule has 1 heterocycles. The van der Waals surface area contributed by atoms with Crippen molar-refractivity contribution in [2.45, 2.75) is 5.41 Å². The van der Waals surface area contributed by atoms with Gasteiger partial charge in [-0.1, -0.05) is 206 Å². The first kappa shape index (κ1) is 35.0. The number of benzene rings is 10. The summed E-state index contributed by atoms with van der Waals surface area (Å²) in [6, 6.07) is 85.6. The van der Waals surface area contributed by atoms with E-state index in [1.807, 2.05) is 0 Å². The third-order valence-electron chi connectivity index (χ3n) is 12.8. The zero-order chi connectivity index (χ0) is 40.3. The number of hydrogen-bond acceptors (Lipinski definition) is 2. The van der Waals surface area contributed by atoms with Crippen LogP contribution in [0.15, 0.2) is 241 Å². The summed E-state index contributed by atoms with van der Waals surface area (Å²) >= 11 is 0. The van der Waals surface area contributed by atoms with E-state index in [1.165, 1.54) is 55.3 Å². The molecule has 0 unspecified atom stereocenters. The van der Waals surface area contributed by atoms with Gasteiger partial charge in [-0.3, -0.25) is 0 Å². The second-order valence-electron chi connectivity index (χ2n) is 16.0. The van der Waals surface area contributed by atoms with Crippen LogP contribution in [0.5, 0.6) is 0 Å². The highest BCUT2D eigenvalue weighted by molar-refractivity contribution is 6.15. The second kappa shape index (κ2) is 14.1. The van der Waals surface area contributed by atoms with Crippen LogP contribution in [0.1, 0.15) is 22.3 Å². The molecule has 0 spiro atoms. The average Bonchev–Trinajstić information content (AvgIpc) is 3.87. The molecule has 10 aromatic carbocycles. The molecule has 11 aromatic rings. The highest BCUT2D eigenvalue weighted by atomic mass is 16.3. The Balaban J connectivity index is 1.01. The monoisotopic (exact) mass is 777 g/mol. The first-order valence-corrected chi connectivity index (χ1v) is 21.0. The van der Waals surface area contributed by atoms with Crippen molar-refractivity contribution in [3.8, 4) is 33.4 Å². The number of anilines is 3. The first-order valence-electron chi connectivity index (χ1n) is 21.0. The van der Waals surface area contributed by atoms with Gasteiger partial charge in [0.25, 0.3) is 0 Å². The molecule has 2 heteroatoms. The van der Waals surface area contributed by atoms with E-state index in [-0.39, 0.29) is 0 Å². The predicted molar refractivity (Wildman–Crippen MR) is 254 cm³/mol. The van der Waals surface area contributed by atoms with Crippen LogP contribution in [-0.2, 0) is 5.41 Å². The van der Waals surface area contributed by atoms with Gasteiger partial charge in [0.2, 0.25) is 0 Å². The van der Waals surface area contributed by atoms with Gasteiger partial charge in [-0.05, 0) is 80.2 Å². The van der Waals surface area contributed by atoms with Crippen LogP contribution in [0.25, 0.3) is 66.1 Å². The highest BCUT2D eigenvalue weighted by Gasteiger charge is 2.47. The molecule has 0 bridgehead atoms. The number of hydrogen-bond donors (Lipinski definition) is 0. The molecular formula is C59H39NO. The third kappa shape index (κ3) is 5.43. The van der Waals surface area contributed by atoms with Crippen molar-refractivity contribution in [1.82, 2.24) is 0 Å². The molecule has 0 N–H and O–H groups in total. The fourth-order valence-corrected chi connectivity index (χ4v) is 10.1. The van der Waals surface area contributed by atoms with Crippen molar-refractivity contribution in [3.63, 3.8) is 0 Å². The van der Waals surface area contributed by atoms with Gasteiger partial charge in [0.05, 0.1) is 11.1 Å². The Hall–Kier alpha value is -7.94. The van der Waals surface area contributed by atoms with E-state index in [0.29, 0.717) is 0 Å². The van der Waals surface area contributed by atoms with E-state index in [9.17, 15) is 0 Å². The van der Waals surface area contributed by atoms with E-state index in [0.717, 1.165) is 50.1 Å². The van der Waals surface area contributed by atoms with Crippen LogP contribution in [0.2, 0.25) is 0 Å².